The first kappa shape index (κ1) is 27.5. The van der Waals surface area contributed by atoms with Gasteiger partial charge in [0.2, 0.25) is 5.75 Å². The van der Waals surface area contributed by atoms with Gasteiger partial charge in [0.05, 0.1) is 14.2 Å². The van der Waals surface area contributed by atoms with Gasteiger partial charge in [-0.2, -0.15) is 0 Å². The number of fused-ring (bicyclic) bond motifs is 1. The van der Waals surface area contributed by atoms with Crippen molar-refractivity contribution in [1.82, 2.24) is 0 Å². The highest BCUT2D eigenvalue weighted by Gasteiger charge is 2.47. The number of para-hydroxylation sites is 1. The molecule has 6 nitrogen and oxygen atoms in total. The van der Waals surface area contributed by atoms with Gasteiger partial charge in [-0.3, -0.25) is 0 Å². The molecule has 0 atom stereocenters. The van der Waals surface area contributed by atoms with Crippen LogP contribution in [-0.2, 0) is 4.57 Å². The zero-order valence-corrected chi connectivity index (χ0v) is 23.9. The van der Waals surface area contributed by atoms with Crippen LogP contribution in [0.4, 0.5) is 8.78 Å². The summed E-state index contributed by atoms with van der Waals surface area (Å²) in [5.41, 5.74) is 3.14. The molecule has 0 saturated carbocycles. The molecule has 9 heteroatoms. The van der Waals surface area contributed by atoms with Gasteiger partial charge in [0.25, 0.3) is 0 Å². The Kier molecular flexibility index (Phi) is 7.01. The van der Waals surface area contributed by atoms with Gasteiger partial charge in [0.15, 0.2) is 18.6 Å². The summed E-state index contributed by atoms with van der Waals surface area (Å²) < 4.78 is 70.9. The number of methoxy groups -OCH3 is 2. The van der Waals surface area contributed by atoms with Crippen molar-refractivity contribution in [3.05, 3.63) is 89.0 Å². The molecule has 0 aliphatic carbocycles. The summed E-state index contributed by atoms with van der Waals surface area (Å²) in [6.45, 7) is 7.48. The van der Waals surface area contributed by atoms with Crippen LogP contribution in [0, 0.1) is 27.7 Å². The smallest absolute Gasteiger partial charge is 0.496 e. The Morgan fingerprint density at radius 2 is 1.18 bits per heavy atom. The molecule has 5 rings (SSSR count). The Bertz CT molecular complexity index is 1540. The molecule has 4 aromatic carbocycles. The van der Waals surface area contributed by atoms with Crippen molar-refractivity contribution in [2.24, 2.45) is 0 Å². The third kappa shape index (κ3) is 4.77. The largest absolute Gasteiger partial charge is 0.586 e. The summed E-state index contributed by atoms with van der Waals surface area (Å²) >= 11 is 0. The summed E-state index contributed by atoms with van der Waals surface area (Å²) in [6, 6.07) is 18.7. The van der Waals surface area contributed by atoms with Gasteiger partial charge < -0.3 is 28.2 Å². The number of halogens is 2. The van der Waals surface area contributed by atoms with Gasteiger partial charge in [-0.25, -0.2) is 0 Å². The molecule has 0 saturated heterocycles. The highest BCUT2D eigenvalue weighted by molar-refractivity contribution is 7.85. The summed E-state index contributed by atoms with van der Waals surface area (Å²) in [7, 11) is -0.563. The van der Waals surface area contributed by atoms with Crippen molar-refractivity contribution in [1.29, 1.82) is 0 Å². The molecule has 0 bridgehead atoms. The molecular formula is C31H29F2O6P. The molecule has 0 fully saturated rings. The van der Waals surface area contributed by atoms with E-state index in [1.165, 1.54) is 12.1 Å². The average Bonchev–Trinajstić information content (AvgIpc) is 3.22. The van der Waals surface area contributed by atoms with Crippen LogP contribution in [0.3, 0.4) is 0 Å². The minimum Gasteiger partial charge on any atom is -0.496 e. The Balaban J connectivity index is 1.81. The number of hydrogen-bond acceptors (Lipinski definition) is 6. The second-order valence-corrected chi connectivity index (χ2v) is 12.5. The molecule has 0 unspecified atom stereocenters. The second-order valence-electron chi connectivity index (χ2n) is 9.69. The lowest BCUT2D eigenvalue weighted by molar-refractivity contribution is -0.287. The molecule has 0 amide bonds. The molecule has 0 radical (unpaired) electrons. The maximum Gasteiger partial charge on any atom is 0.586 e. The van der Waals surface area contributed by atoms with Gasteiger partial charge in [0.1, 0.15) is 17.2 Å². The summed E-state index contributed by atoms with van der Waals surface area (Å²) in [5, 5.41) is 1.25. The van der Waals surface area contributed by atoms with E-state index in [4.69, 9.17) is 23.7 Å². The van der Waals surface area contributed by atoms with Crippen LogP contribution in [-0.4, -0.2) is 20.5 Å². The van der Waals surface area contributed by atoms with E-state index in [-0.39, 0.29) is 22.6 Å². The second kappa shape index (κ2) is 10.2. The first-order valence-electron chi connectivity index (χ1n) is 12.6. The highest BCUT2D eigenvalue weighted by Crippen LogP contribution is 2.53. The van der Waals surface area contributed by atoms with Crippen LogP contribution < -0.4 is 39.6 Å². The van der Waals surface area contributed by atoms with Crippen LogP contribution in [0.25, 0.3) is 0 Å². The third-order valence-corrected chi connectivity index (χ3v) is 9.77. The minimum absolute atomic E-state index is 0.0417. The maximum absolute atomic E-state index is 15.6. The van der Waals surface area contributed by atoms with E-state index in [0.717, 1.165) is 22.3 Å². The average molecular weight is 567 g/mol. The molecule has 208 valence electrons. The number of aryl methyl sites for hydroxylation is 4. The quantitative estimate of drug-likeness (QED) is 0.232. The van der Waals surface area contributed by atoms with Crippen molar-refractivity contribution < 1.29 is 37.0 Å². The van der Waals surface area contributed by atoms with Gasteiger partial charge >= 0.3 is 6.29 Å². The monoisotopic (exact) mass is 566 g/mol. The Hall–Kier alpha value is -4.03. The fourth-order valence-corrected chi connectivity index (χ4v) is 8.18. The van der Waals surface area contributed by atoms with Gasteiger partial charge in [-0.05, 0) is 98.5 Å². The lowest BCUT2D eigenvalue weighted by atomic mass is 10.1. The number of ether oxygens (including phenoxy) is 5. The molecule has 1 heterocycles. The Morgan fingerprint density at radius 3 is 1.65 bits per heavy atom. The molecule has 1 aliphatic heterocycles. The normalized spacial score (nSPS) is 13.7. The molecule has 0 N–H and O–H groups in total. The van der Waals surface area contributed by atoms with Gasteiger partial charge in [0, 0.05) is 15.9 Å². The fourth-order valence-electron chi connectivity index (χ4n) is 5.19. The lowest BCUT2D eigenvalue weighted by Crippen LogP contribution is -2.27. The SMILES string of the molecule is COc1c(C)cc(P(=O)(c2cc(C)c(OC)c(C)c2)c2cc(Oc3ccccc3)c3c(c2)OC(F)(F)O3)cc1C. The van der Waals surface area contributed by atoms with Crippen LogP contribution in [0.1, 0.15) is 22.3 Å². The van der Waals surface area contributed by atoms with Crippen molar-refractivity contribution in [3.63, 3.8) is 0 Å². The van der Waals surface area contributed by atoms with Crippen LogP contribution in [0.15, 0.2) is 66.7 Å². The number of rotatable bonds is 7. The first-order chi connectivity index (χ1) is 19.0. The Labute approximate surface area is 231 Å². The van der Waals surface area contributed by atoms with E-state index in [1.54, 1.807) is 68.8 Å². The molecule has 4 aromatic rings. The topological polar surface area (TPSA) is 63.2 Å². The van der Waals surface area contributed by atoms with E-state index in [9.17, 15) is 8.78 Å². The first-order valence-corrected chi connectivity index (χ1v) is 14.3. The summed E-state index contributed by atoms with van der Waals surface area (Å²) in [4.78, 5) is 0. The predicted octanol–water partition coefficient (Wildman–Crippen LogP) is 6.69. The minimum atomic E-state index is -3.90. The maximum atomic E-state index is 15.6. The van der Waals surface area contributed by atoms with E-state index in [1.807, 2.05) is 27.7 Å². The van der Waals surface area contributed by atoms with E-state index >= 15 is 4.57 Å². The standard InChI is InChI=1S/C31H29F2O6P/c1-18-12-23(13-19(2)28(18)35-5)40(34,24-14-20(3)29(36-6)21(4)15-24)25-16-26(37-22-10-8-7-9-11-22)30-27(17-25)38-31(32,33)39-30/h7-17H,1-6H3. The summed E-state index contributed by atoms with van der Waals surface area (Å²) in [6.07, 6.45) is -3.90. The number of benzene rings is 4. The predicted molar refractivity (Wildman–Crippen MR) is 151 cm³/mol. The van der Waals surface area contributed by atoms with E-state index < -0.39 is 13.4 Å². The highest BCUT2D eigenvalue weighted by atomic mass is 31.2. The van der Waals surface area contributed by atoms with Crippen molar-refractivity contribution >= 4 is 23.1 Å². The van der Waals surface area contributed by atoms with Gasteiger partial charge in [-0.15, -0.1) is 8.78 Å². The zero-order valence-electron chi connectivity index (χ0n) is 23.0. The van der Waals surface area contributed by atoms with Crippen LogP contribution >= 0.6 is 7.14 Å². The van der Waals surface area contributed by atoms with Crippen molar-refractivity contribution in [3.8, 4) is 34.5 Å². The molecule has 1 aliphatic rings. The molecule has 0 spiro atoms. The van der Waals surface area contributed by atoms with Crippen LogP contribution in [0.2, 0.25) is 0 Å². The van der Waals surface area contributed by atoms with Gasteiger partial charge in [-0.1, -0.05) is 18.2 Å². The zero-order chi connectivity index (χ0) is 28.8. The van der Waals surface area contributed by atoms with E-state index in [0.29, 0.717) is 27.9 Å². The van der Waals surface area contributed by atoms with Crippen molar-refractivity contribution in [2.75, 3.05) is 14.2 Å². The Morgan fingerprint density at radius 1 is 0.700 bits per heavy atom. The third-order valence-electron chi connectivity index (χ3n) is 6.82. The number of alkyl halides is 2. The molecule has 40 heavy (non-hydrogen) atoms. The van der Waals surface area contributed by atoms with Crippen LogP contribution in [0.5, 0.6) is 34.5 Å². The number of hydrogen-bond donors (Lipinski definition) is 0. The van der Waals surface area contributed by atoms with E-state index in [2.05, 4.69) is 0 Å². The molecular weight excluding hydrogens is 537 g/mol. The lowest BCUT2D eigenvalue weighted by Gasteiger charge is -2.24. The summed E-state index contributed by atoms with van der Waals surface area (Å²) in [5.74, 6) is 1.17. The molecule has 0 aromatic heterocycles. The van der Waals surface area contributed by atoms with Crippen molar-refractivity contribution in [2.45, 2.75) is 34.0 Å². The fraction of sp³-hybridized carbons (Fsp3) is 0.226.